The molecule has 2 atom stereocenters. The molecule has 1 aromatic heterocycles. The van der Waals surface area contributed by atoms with Crippen LogP contribution >= 0.6 is 0 Å². The molecule has 1 fully saturated rings. The minimum Gasteiger partial charge on any atom is -0.333 e. The Kier molecular flexibility index (Phi) is 4.40. The maximum atomic E-state index is 6.32. The van der Waals surface area contributed by atoms with E-state index in [9.17, 15) is 0 Å². The average molecular weight is 250 g/mol. The van der Waals surface area contributed by atoms with Crippen LogP contribution in [0.5, 0.6) is 0 Å². The standard InChI is InChI=1S/C14H26N4/c1-4-6-18-10-16-8-13(18)14-12(15)5-7-17(14)9-11(2)3/h8,10-12,14H,4-7,9,15H2,1-3H3. The maximum absolute atomic E-state index is 6.32. The average Bonchev–Trinajstić information content (AvgIpc) is 2.86. The number of nitrogens with two attached hydrogens (primary N) is 1. The first-order chi connectivity index (χ1) is 8.63. The van der Waals surface area contributed by atoms with Gasteiger partial charge in [-0.25, -0.2) is 4.98 Å². The van der Waals surface area contributed by atoms with Crippen LogP contribution in [0.4, 0.5) is 0 Å². The second-order valence-corrected chi connectivity index (χ2v) is 5.80. The summed E-state index contributed by atoms with van der Waals surface area (Å²) in [6, 6.07) is 0.595. The number of aromatic nitrogens is 2. The molecule has 4 heteroatoms. The quantitative estimate of drug-likeness (QED) is 0.869. The Balaban J connectivity index is 2.19. The molecule has 1 saturated heterocycles. The highest BCUT2D eigenvalue weighted by Gasteiger charge is 2.34. The van der Waals surface area contributed by atoms with Gasteiger partial charge in [-0.2, -0.15) is 0 Å². The molecule has 0 saturated carbocycles. The van der Waals surface area contributed by atoms with E-state index in [-0.39, 0.29) is 6.04 Å². The van der Waals surface area contributed by atoms with E-state index in [1.54, 1.807) is 0 Å². The Labute approximate surface area is 110 Å². The van der Waals surface area contributed by atoms with Crippen molar-refractivity contribution in [2.75, 3.05) is 13.1 Å². The Morgan fingerprint density at radius 1 is 1.50 bits per heavy atom. The van der Waals surface area contributed by atoms with E-state index in [0.29, 0.717) is 12.0 Å². The first kappa shape index (κ1) is 13.6. The third-order valence-corrected chi connectivity index (χ3v) is 3.66. The summed E-state index contributed by atoms with van der Waals surface area (Å²) >= 11 is 0. The van der Waals surface area contributed by atoms with Gasteiger partial charge >= 0.3 is 0 Å². The van der Waals surface area contributed by atoms with Crippen LogP contribution in [0.25, 0.3) is 0 Å². The molecule has 2 N–H and O–H groups in total. The summed E-state index contributed by atoms with van der Waals surface area (Å²) in [5.74, 6) is 0.681. The van der Waals surface area contributed by atoms with Crippen molar-refractivity contribution in [3.05, 3.63) is 18.2 Å². The number of imidazole rings is 1. The highest BCUT2D eigenvalue weighted by molar-refractivity contribution is 5.12. The SMILES string of the molecule is CCCn1cncc1C1C(N)CCN1CC(C)C. The lowest BCUT2D eigenvalue weighted by atomic mass is 10.1. The van der Waals surface area contributed by atoms with Gasteiger partial charge in [0.25, 0.3) is 0 Å². The predicted molar refractivity (Wildman–Crippen MR) is 74.3 cm³/mol. The van der Waals surface area contributed by atoms with Crippen molar-refractivity contribution in [3.63, 3.8) is 0 Å². The predicted octanol–water partition coefficient (Wildman–Crippen LogP) is 2.02. The molecule has 2 heterocycles. The van der Waals surface area contributed by atoms with E-state index in [2.05, 4.69) is 35.2 Å². The van der Waals surface area contributed by atoms with Crippen LogP contribution < -0.4 is 5.73 Å². The van der Waals surface area contributed by atoms with Gasteiger partial charge in [0.05, 0.1) is 18.1 Å². The Hall–Kier alpha value is -0.870. The third kappa shape index (κ3) is 2.75. The van der Waals surface area contributed by atoms with Crippen LogP contribution in [0, 0.1) is 5.92 Å². The van der Waals surface area contributed by atoms with E-state index in [4.69, 9.17) is 5.73 Å². The molecule has 2 rings (SSSR count). The fraction of sp³-hybridized carbons (Fsp3) is 0.786. The zero-order chi connectivity index (χ0) is 13.1. The molecule has 2 unspecified atom stereocenters. The summed E-state index contributed by atoms with van der Waals surface area (Å²) in [6.45, 7) is 10.0. The molecule has 0 bridgehead atoms. The Morgan fingerprint density at radius 3 is 2.94 bits per heavy atom. The topological polar surface area (TPSA) is 47.1 Å². The number of nitrogens with zero attached hydrogens (tertiary/aromatic N) is 3. The summed E-state index contributed by atoms with van der Waals surface area (Å²) in [5, 5.41) is 0. The fourth-order valence-corrected chi connectivity index (χ4v) is 2.97. The summed E-state index contributed by atoms with van der Waals surface area (Å²) in [5.41, 5.74) is 7.61. The highest BCUT2D eigenvalue weighted by Crippen LogP contribution is 2.31. The lowest BCUT2D eigenvalue weighted by Crippen LogP contribution is -2.35. The van der Waals surface area contributed by atoms with Crippen molar-refractivity contribution in [1.29, 1.82) is 0 Å². The highest BCUT2D eigenvalue weighted by atomic mass is 15.2. The van der Waals surface area contributed by atoms with Gasteiger partial charge in [0.15, 0.2) is 0 Å². The summed E-state index contributed by atoms with van der Waals surface area (Å²) in [7, 11) is 0. The lowest BCUT2D eigenvalue weighted by Gasteiger charge is -2.28. The first-order valence-corrected chi connectivity index (χ1v) is 7.13. The van der Waals surface area contributed by atoms with E-state index in [1.807, 2.05) is 12.5 Å². The summed E-state index contributed by atoms with van der Waals surface area (Å²) in [6.07, 6.45) is 6.17. The van der Waals surface area contributed by atoms with Gasteiger partial charge in [-0.05, 0) is 18.8 Å². The number of hydrogen-bond donors (Lipinski definition) is 1. The summed E-state index contributed by atoms with van der Waals surface area (Å²) in [4.78, 5) is 6.84. The number of likely N-dealkylation sites (tertiary alicyclic amines) is 1. The second-order valence-electron chi connectivity index (χ2n) is 5.80. The van der Waals surface area contributed by atoms with Crippen LogP contribution in [0.15, 0.2) is 12.5 Å². The Morgan fingerprint density at radius 2 is 2.28 bits per heavy atom. The lowest BCUT2D eigenvalue weighted by molar-refractivity contribution is 0.213. The Bertz CT molecular complexity index is 372. The van der Waals surface area contributed by atoms with Crippen molar-refractivity contribution < 1.29 is 0 Å². The molecule has 18 heavy (non-hydrogen) atoms. The molecule has 102 valence electrons. The minimum atomic E-state index is 0.246. The zero-order valence-electron chi connectivity index (χ0n) is 11.8. The van der Waals surface area contributed by atoms with Crippen molar-refractivity contribution in [2.24, 2.45) is 11.7 Å². The van der Waals surface area contributed by atoms with Gasteiger partial charge in [-0.3, -0.25) is 4.90 Å². The fourth-order valence-electron chi connectivity index (χ4n) is 2.97. The largest absolute Gasteiger partial charge is 0.333 e. The molecule has 4 nitrogen and oxygen atoms in total. The second kappa shape index (κ2) is 5.85. The van der Waals surface area contributed by atoms with E-state index in [1.165, 1.54) is 5.69 Å². The van der Waals surface area contributed by atoms with Crippen LogP contribution in [0.2, 0.25) is 0 Å². The molecule has 1 aromatic rings. The summed E-state index contributed by atoms with van der Waals surface area (Å²) < 4.78 is 2.27. The van der Waals surface area contributed by atoms with Crippen LogP contribution in [-0.2, 0) is 6.54 Å². The van der Waals surface area contributed by atoms with Gasteiger partial charge in [-0.1, -0.05) is 20.8 Å². The van der Waals surface area contributed by atoms with E-state index >= 15 is 0 Å². The zero-order valence-corrected chi connectivity index (χ0v) is 11.8. The van der Waals surface area contributed by atoms with Crippen LogP contribution in [0.3, 0.4) is 0 Å². The molecular formula is C14H26N4. The first-order valence-electron chi connectivity index (χ1n) is 7.13. The normalized spacial score (nSPS) is 25.2. The van der Waals surface area contributed by atoms with Crippen molar-refractivity contribution >= 4 is 0 Å². The molecular weight excluding hydrogens is 224 g/mol. The van der Waals surface area contributed by atoms with Gasteiger partial charge in [0, 0.05) is 31.9 Å². The maximum Gasteiger partial charge on any atom is 0.0948 e. The minimum absolute atomic E-state index is 0.246. The van der Waals surface area contributed by atoms with Gasteiger partial charge in [-0.15, -0.1) is 0 Å². The molecule has 0 aromatic carbocycles. The van der Waals surface area contributed by atoms with Crippen molar-refractivity contribution in [2.45, 2.75) is 52.2 Å². The molecule has 1 aliphatic heterocycles. The van der Waals surface area contributed by atoms with E-state index in [0.717, 1.165) is 32.5 Å². The molecule has 0 amide bonds. The van der Waals surface area contributed by atoms with Gasteiger partial charge < -0.3 is 10.3 Å². The smallest absolute Gasteiger partial charge is 0.0948 e. The van der Waals surface area contributed by atoms with E-state index < -0.39 is 0 Å². The third-order valence-electron chi connectivity index (χ3n) is 3.66. The number of aryl methyl sites for hydroxylation is 1. The van der Waals surface area contributed by atoms with Crippen LogP contribution in [0.1, 0.15) is 45.3 Å². The number of hydrogen-bond acceptors (Lipinski definition) is 3. The van der Waals surface area contributed by atoms with Gasteiger partial charge in [0.2, 0.25) is 0 Å². The molecule has 0 radical (unpaired) electrons. The molecule has 0 spiro atoms. The molecule has 1 aliphatic rings. The molecule has 0 aliphatic carbocycles. The van der Waals surface area contributed by atoms with Crippen molar-refractivity contribution in [3.8, 4) is 0 Å². The monoisotopic (exact) mass is 250 g/mol. The van der Waals surface area contributed by atoms with Crippen molar-refractivity contribution in [1.82, 2.24) is 14.5 Å². The van der Waals surface area contributed by atoms with Crippen LogP contribution in [-0.4, -0.2) is 33.6 Å². The number of rotatable bonds is 5. The van der Waals surface area contributed by atoms with Gasteiger partial charge in [0.1, 0.15) is 0 Å².